The zero-order chi connectivity index (χ0) is 17.9. The van der Waals surface area contributed by atoms with E-state index in [0.29, 0.717) is 11.4 Å². The molecular formula is C16H15ClN4O3. The van der Waals surface area contributed by atoms with E-state index in [-0.39, 0.29) is 27.6 Å². The maximum atomic E-state index is 12.3. The summed E-state index contributed by atoms with van der Waals surface area (Å²) in [6, 6.07) is 7.48. The van der Waals surface area contributed by atoms with Crippen molar-refractivity contribution in [1.29, 1.82) is 5.26 Å². The van der Waals surface area contributed by atoms with Crippen LogP contribution < -0.4 is 5.43 Å². The number of phenols is 1. The van der Waals surface area contributed by atoms with Crippen LogP contribution >= 0.6 is 11.6 Å². The summed E-state index contributed by atoms with van der Waals surface area (Å²) in [7, 11) is 0. The van der Waals surface area contributed by atoms with Crippen molar-refractivity contribution in [2.45, 2.75) is 26.2 Å². The Bertz CT molecular complexity index is 844. The highest BCUT2D eigenvalue weighted by Crippen LogP contribution is 2.26. The number of ketones is 1. The fraction of sp³-hybridized carbons (Fsp3) is 0.250. The van der Waals surface area contributed by atoms with Gasteiger partial charge in [0, 0.05) is 11.5 Å². The number of hydrazone groups is 1. The number of Topliss-reactive ketones (excluding diaryl/α,β-unsaturated/α-hetero) is 1. The summed E-state index contributed by atoms with van der Waals surface area (Å²) in [6.07, 6.45) is 0. The smallest absolute Gasteiger partial charge is 0.245 e. The van der Waals surface area contributed by atoms with Crippen LogP contribution in [0.15, 0.2) is 33.9 Å². The van der Waals surface area contributed by atoms with Gasteiger partial charge in [0.05, 0.1) is 10.7 Å². The second-order valence-corrected chi connectivity index (χ2v) is 6.41. The lowest BCUT2D eigenvalue weighted by Gasteiger charge is -2.11. The van der Waals surface area contributed by atoms with Crippen LogP contribution in [0, 0.1) is 11.3 Å². The van der Waals surface area contributed by atoms with Gasteiger partial charge in [0.25, 0.3) is 0 Å². The average molecular weight is 347 g/mol. The van der Waals surface area contributed by atoms with Crippen molar-refractivity contribution in [3.05, 3.63) is 40.7 Å². The number of nitrogens with zero attached hydrogens (tertiary/aromatic N) is 3. The number of benzene rings is 1. The molecule has 2 aromatic rings. The molecule has 1 aromatic heterocycles. The number of rotatable bonds is 4. The Hall–Kier alpha value is -2.85. The van der Waals surface area contributed by atoms with Gasteiger partial charge in [-0.1, -0.05) is 37.5 Å². The molecule has 0 radical (unpaired) electrons. The molecule has 7 nitrogen and oxygen atoms in total. The minimum absolute atomic E-state index is 0.00534. The highest BCUT2D eigenvalue weighted by atomic mass is 35.5. The molecule has 0 amide bonds. The first kappa shape index (κ1) is 17.5. The molecule has 24 heavy (non-hydrogen) atoms. The molecule has 0 spiro atoms. The lowest BCUT2D eigenvalue weighted by molar-refractivity contribution is 0.105. The Morgan fingerprint density at radius 1 is 1.42 bits per heavy atom. The fourth-order valence-corrected chi connectivity index (χ4v) is 1.86. The van der Waals surface area contributed by atoms with Crippen molar-refractivity contribution in [3.63, 3.8) is 0 Å². The summed E-state index contributed by atoms with van der Waals surface area (Å²) in [5.41, 5.74) is 2.27. The van der Waals surface area contributed by atoms with Gasteiger partial charge in [-0.2, -0.15) is 10.4 Å². The molecule has 0 fully saturated rings. The quantitative estimate of drug-likeness (QED) is 0.379. The van der Waals surface area contributed by atoms with Crippen molar-refractivity contribution in [3.8, 4) is 11.8 Å². The van der Waals surface area contributed by atoms with E-state index in [4.69, 9.17) is 21.4 Å². The van der Waals surface area contributed by atoms with Crippen molar-refractivity contribution in [1.82, 2.24) is 5.16 Å². The van der Waals surface area contributed by atoms with Crippen molar-refractivity contribution in [2.24, 2.45) is 5.10 Å². The molecule has 0 aliphatic carbocycles. The molecule has 8 heteroatoms. The Labute approximate surface area is 143 Å². The second-order valence-electron chi connectivity index (χ2n) is 6.01. The van der Waals surface area contributed by atoms with Gasteiger partial charge in [-0.25, -0.2) is 0 Å². The van der Waals surface area contributed by atoms with E-state index >= 15 is 0 Å². The van der Waals surface area contributed by atoms with E-state index in [9.17, 15) is 9.90 Å². The summed E-state index contributed by atoms with van der Waals surface area (Å²) in [5.74, 6) is -0.212. The fourth-order valence-electron chi connectivity index (χ4n) is 1.68. The van der Waals surface area contributed by atoms with Crippen LogP contribution in [0.3, 0.4) is 0 Å². The normalized spacial score (nSPS) is 11.9. The van der Waals surface area contributed by atoms with Gasteiger partial charge >= 0.3 is 0 Å². The molecule has 2 N–H and O–H groups in total. The molecule has 124 valence electrons. The van der Waals surface area contributed by atoms with Crippen molar-refractivity contribution >= 4 is 28.8 Å². The van der Waals surface area contributed by atoms with Crippen LogP contribution in [-0.4, -0.2) is 21.8 Å². The van der Waals surface area contributed by atoms with Gasteiger partial charge in [-0.15, -0.1) is 0 Å². The third kappa shape index (κ3) is 3.91. The number of aromatic hydroxyl groups is 1. The molecule has 0 aliphatic rings. The number of aromatic nitrogens is 1. The van der Waals surface area contributed by atoms with Crippen molar-refractivity contribution in [2.75, 3.05) is 5.43 Å². The standard InChI is InChI=1S/C16H15ClN4O3/c1-16(2,3)14-7-11(21-24-14)15(23)12(8-18)20-19-9-4-5-13(22)10(17)6-9/h4-7,19,22H,1-3H3/b20-12+. The predicted molar refractivity (Wildman–Crippen MR) is 89.3 cm³/mol. The molecule has 1 heterocycles. The van der Waals surface area contributed by atoms with Gasteiger partial charge in [0.15, 0.2) is 5.69 Å². The number of carbonyl (C=O) groups excluding carboxylic acids is 1. The Kier molecular flexibility index (Phi) is 4.90. The van der Waals surface area contributed by atoms with Crippen LogP contribution in [-0.2, 0) is 5.41 Å². The lowest BCUT2D eigenvalue weighted by atomic mass is 9.93. The first-order valence-electron chi connectivity index (χ1n) is 6.96. The maximum Gasteiger partial charge on any atom is 0.245 e. The van der Waals surface area contributed by atoms with Gasteiger partial charge < -0.3 is 9.63 Å². The minimum Gasteiger partial charge on any atom is -0.506 e. The molecule has 1 aromatic carbocycles. The molecule has 2 rings (SSSR count). The number of nitriles is 1. The summed E-state index contributed by atoms with van der Waals surface area (Å²) < 4.78 is 5.14. The topological polar surface area (TPSA) is 112 Å². The molecule has 0 unspecified atom stereocenters. The van der Waals surface area contributed by atoms with Crippen LogP contribution in [0.1, 0.15) is 37.0 Å². The molecule has 0 saturated carbocycles. The number of hydrogen-bond acceptors (Lipinski definition) is 7. The van der Waals surface area contributed by atoms with Gasteiger partial charge in [-0.3, -0.25) is 10.2 Å². The molecule has 0 atom stereocenters. The number of hydrogen-bond donors (Lipinski definition) is 2. The zero-order valence-electron chi connectivity index (χ0n) is 13.3. The number of nitrogens with one attached hydrogen (secondary N) is 1. The minimum atomic E-state index is -0.658. The summed E-state index contributed by atoms with van der Waals surface area (Å²) in [4.78, 5) is 12.3. The highest BCUT2D eigenvalue weighted by Gasteiger charge is 2.24. The number of phenolic OH excluding ortho intramolecular Hbond substituents is 1. The van der Waals surface area contributed by atoms with Crippen LogP contribution in [0.25, 0.3) is 0 Å². The van der Waals surface area contributed by atoms with E-state index in [1.807, 2.05) is 20.8 Å². The zero-order valence-corrected chi connectivity index (χ0v) is 14.0. The number of carbonyl (C=O) groups is 1. The van der Waals surface area contributed by atoms with Crippen LogP contribution in [0.2, 0.25) is 5.02 Å². The molecule has 0 bridgehead atoms. The molecule has 0 saturated heterocycles. The summed E-state index contributed by atoms with van der Waals surface area (Å²) >= 11 is 5.77. The number of anilines is 1. The lowest BCUT2D eigenvalue weighted by Crippen LogP contribution is -2.15. The first-order chi connectivity index (χ1) is 11.2. The third-order valence-electron chi connectivity index (χ3n) is 3.05. The molecular weight excluding hydrogens is 332 g/mol. The number of halogens is 1. The Balaban J connectivity index is 2.21. The van der Waals surface area contributed by atoms with Gasteiger partial charge in [0.1, 0.15) is 17.6 Å². The Morgan fingerprint density at radius 3 is 2.67 bits per heavy atom. The van der Waals surface area contributed by atoms with Gasteiger partial charge in [-0.05, 0) is 18.2 Å². The maximum absolute atomic E-state index is 12.3. The summed E-state index contributed by atoms with van der Waals surface area (Å²) in [5, 5.41) is 26.1. The van der Waals surface area contributed by atoms with Crippen LogP contribution in [0.5, 0.6) is 5.75 Å². The third-order valence-corrected chi connectivity index (χ3v) is 3.35. The van der Waals surface area contributed by atoms with E-state index in [2.05, 4.69) is 15.7 Å². The second kappa shape index (κ2) is 6.72. The monoisotopic (exact) mass is 346 g/mol. The molecule has 0 aliphatic heterocycles. The van der Waals surface area contributed by atoms with E-state index in [0.717, 1.165) is 0 Å². The Morgan fingerprint density at radius 2 is 2.12 bits per heavy atom. The van der Waals surface area contributed by atoms with Crippen molar-refractivity contribution < 1.29 is 14.4 Å². The largest absolute Gasteiger partial charge is 0.506 e. The predicted octanol–water partition coefficient (Wildman–Crippen LogP) is 3.51. The van der Waals surface area contributed by atoms with Crippen LogP contribution in [0.4, 0.5) is 5.69 Å². The van der Waals surface area contributed by atoms with E-state index < -0.39 is 5.78 Å². The van der Waals surface area contributed by atoms with E-state index in [1.165, 1.54) is 24.3 Å². The first-order valence-corrected chi connectivity index (χ1v) is 7.34. The average Bonchev–Trinajstić information content (AvgIpc) is 3.01. The van der Waals surface area contributed by atoms with E-state index in [1.54, 1.807) is 6.07 Å². The highest BCUT2D eigenvalue weighted by molar-refractivity contribution is 6.51. The van der Waals surface area contributed by atoms with Gasteiger partial charge in [0.2, 0.25) is 11.5 Å². The SMILES string of the molecule is CC(C)(C)c1cc(C(=O)/C(C#N)=N/Nc2ccc(O)c(Cl)c2)no1. The summed E-state index contributed by atoms with van der Waals surface area (Å²) in [6.45, 7) is 5.74.